The van der Waals surface area contributed by atoms with Crippen molar-refractivity contribution in [2.75, 3.05) is 54.9 Å². The molecule has 0 rings (SSSR count). The van der Waals surface area contributed by atoms with Gasteiger partial charge in [0.1, 0.15) is 0 Å². The molecule has 0 aromatic carbocycles. The van der Waals surface area contributed by atoms with Crippen LogP contribution in [0.2, 0.25) is 0 Å². The van der Waals surface area contributed by atoms with Gasteiger partial charge in [0.2, 0.25) is 0 Å². The van der Waals surface area contributed by atoms with Crippen molar-refractivity contribution in [3.05, 3.63) is 12.2 Å². The predicted octanol–water partition coefficient (Wildman–Crippen LogP) is 3.32. The first-order valence-electron chi connectivity index (χ1n) is 8.42. The van der Waals surface area contributed by atoms with Crippen molar-refractivity contribution in [2.24, 2.45) is 10.8 Å². The lowest BCUT2D eigenvalue weighted by Crippen LogP contribution is -2.32. The van der Waals surface area contributed by atoms with Crippen molar-refractivity contribution in [2.45, 2.75) is 32.6 Å². The van der Waals surface area contributed by atoms with E-state index in [2.05, 4.69) is 24.3 Å². The SMILES string of the molecule is C#CCC(CC#CCC(COC)(COC)CC(=C)C)(COC)COC. The van der Waals surface area contributed by atoms with E-state index in [0.29, 0.717) is 45.7 Å². The lowest BCUT2D eigenvalue weighted by atomic mass is 9.79. The normalized spacial score (nSPS) is 11.5. The summed E-state index contributed by atoms with van der Waals surface area (Å²) in [6.07, 6.45) is 8.21. The largest absolute Gasteiger partial charge is 0.384 e. The Morgan fingerprint density at radius 2 is 1.20 bits per heavy atom. The van der Waals surface area contributed by atoms with Gasteiger partial charge in [-0.15, -0.1) is 30.8 Å². The fraction of sp³-hybridized carbons (Fsp3) is 0.714. The first-order valence-corrected chi connectivity index (χ1v) is 8.42. The fourth-order valence-electron chi connectivity index (χ4n) is 3.20. The predicted molar refractivity (Wildman–Crippen MR) is 102 cm³/mol. The first-order chi connectivity index (χ1) is 11.9. The summed E-state index contributed by atoms with van der Waals surface area (Å²) < 4.78 is 21.5. The standard InChI is InChI=1S/C21H34O4/c1-8-11-20(15-22-4,16-23-5)12-9-10-13-21(17-24-6,18-25-7)14-19(2)3/h1H,2,11-18H2,3-7H3. The summed E-state index contributed by atoms with van der Waals surface area (Å²) in [4.78, 5) is 0. The van der Waals surface area contributed by atoms with Gasteiger partial charge < -0.3 is 18.9 Å². The van der Waals surface area contributed by atoms with Gasteiger partial charge in [0.05, 0.1) is 26.4 Å². The maximum atomic E-state index is 5.53. The number of hydrogen-bond acceptors (Lipinski definition) is 4. The van der Waals surface area contributed by atoms with Gasteiger partial charge in [-0.3, -0.25) is 0 Å². The molecule has 0 spiro atoms. The molecular formula is C21H34O4. The van der Waals surface area contributed by atoms with E-state index in [1.165, 1.54) is 0 Å². The Hall–Kier alpha value is -1.30. The molecule has 0 saturated heterocycles. The number of methoxy groups -OCH3 is 4. The van der Waals surface area contributed by atoms with Gasteiger partial charge in [-0.1, -0.05) is 5.57 Å². The van der Waals surface area contributed by atoms with Crippen molar-refractivity contribution in [3.63, 3.8) is 0 Å². The minimum absolute atomic E-state index is 0.181. The van der Waals surface area contributed by atoms with Crippen molar-refractivity contribution in [1.82, 2.24) is 0 Å². The van der Waals surface area contributed by atoms with Gasteiger partial charge in [-0.2, -0.15) is 0 Å². The summed E-state index contributed by atoms with van der Waals surface area (Å²) in [5.74, 6) is 9.30. The van der Waals surface area contributed by atoms with Crippen molar-refractivity contribution in [1.29, 1.82) is 0 Å². The van der Waals surface area contributed by atoms with Crippen LogP contribution < -0.4 is 0 Å². The zero-order valence-corrected chi connectivity index (χ0v) is 16.6. The number of allylic oxidation sites excluding steroid dienone is 1. The smallest absolute Gasteiger partial charge is 0.0559 e. The molecule has 0 radical (unpaired) electrons. The third-order valence-corrected chi connectivity index (χ3v) is 4.01. The average molecular weight is 350 g/mol. The molecule has 0 aliphatic rings. The summed E-state index contributed by atoms with van der Waals surface area (Å²) in [6, 6.07) is 0. The molecule has 0 aromatic rings. The van der Waals surface area contributed by atoms with Crippen LogP contribution in [0.1, 0.15) is 32.6 Å². The molecule has 0 heterocycles. The summed E-state index contributed by atoms with van der Waals surface area (Å²) in [6.45, 7) is 8.24. The Bertz CT molecular complexity index is 466. The highest BCUT2D eigenvalue weighted by Gasteiger charge is 2.31. The van der Waals surface area contributed by atoms with Crippen LogP contribution in [0.5, 0.6) is 0 Å². The van der Waals surface area contributed by atoms with Gasteiger partial charge in [0, 0.05) is 58.5 Å². The van der Waals surface area contributed by atoms with E-state index in [-0.39, 0.29) is 10.8 Å². The monoisotopic (exact) mass is 350 g/mol. The summed E-state index contributed by atoms with van der Waals surface area (Å²) in [5, 5.41) is 0. The molecule has 0 aliphatic carbocycles. The van der Waals surface area contributed by atoms with Crippen molar-refractivity contribution in [3.8, 4) is 24.2 Å². The van der Waals surface area contributed by atoms with Crippen LogP contribution in [0, 0.1) is 35.0 Å². The van der Waals surface area contributed by atoms with Crippen LogP contribution in [0.3, 0.4) is 0 Å². The highest BCUT2D eigenvalue weighted by Crippen LogP contribution is 2.31. The van der Waals surface area contributed by atoms with E-state index in [4.69, 9.17) is 25.4 Å². The van der Waals surface area contributed by atoms with E-state index in [1.54, 1.807) is 28.4 Å². The van der Waals surface area contributed by atoms with Gasteiger partial charge in [0.15, 0.2) is 0 Å². The summed E-state index contributed by atoms with van der Waals surface area (Å²) in [7, 11) is 6.74. The summed E-state index contributed by atoms with van der Waals surface area (Å²) >= 11 is 0. The average Bonchev–Trinajstić information content (AvgIpc) is 2.52. The van der Waals surface area contributed by atoms with E-state index >= 15 is 0 Å². The van der Waals surface area contributed by atoms with Crippen LogP contribution in [0.25, 0.3) is 0 Å². The number of rotatable bonds is 13. The van der Waals surface area contributed by atoms with Gasteiger partial charge in [-0.05, 0) is 13.3 Å². The van der Waals surface area contributed by atoms with E-state index in [0.717, 1.165) is 12.0 Å². The van der Waals surface area contributed by atoms with E-state index < -0.39 is 0 Å². The molecule has 0 saturated carbocycles. The van der Waals surface area contributed by atoms with Crippen molar-refractivity contribution >= 4 is 0 Å². The van der Waals surface area contributed by atoms with Crippen LogP contribution in [0.4, 0.5) is 0 Å². The van der Waals surface area contributed by atoms with E-state index in [9.17, 15) is 0 Å². The zero-order chi connectivity index (χ0) is 19.2. The fourth-order valence-corrected chi connectivity index (χ4v) is 3.20. The Kier molecular flexibility index (Phi) is 12.3. The van der Waals surface area contributed by atoms with Gasteiger partial charge >= 0.3 is 0 Å². The molecule has 4 heteroatoms. The quantitative estimate of drug-likeness (QED) is 0.377. The maximum absolute atomic E-state index is 5.53. The molecule has 0 atom stereocenters. The molecule has 0 aliphatic heterocycles. The maximum Gasteiger partial charge on any atom is 0.0559 e. The number of terminal acetylenes is 1. The third kappa shape index (κ3) is 9.10. The van der Waals surface area contributed by atoms with Gasteiger partial charge in [-0.25, -0.2) is 0 Å². The molecule has 0 N–H and O–H groups in total. The first kappa shape index (κ1) is 23.7. The molecule has 0 unspecified atom stereocenters. The molecule has 0 bridgehead atoms. The second-order valence-electron chi connectivity index (χ2n) is 6.95. The van der Waals surface area contributed by atoms with Crippen LogP contribution >= 0.6 is 0 Å². The van der Waals surface area contributed by atoms with Crippen LogP contribution in [-0.2, 0) is 18.9 Å². The molecular weight excluding hydrogens is 316 g/mol. The lowest BCUT2D eigenvalue weighted by molar-refractivity contribution is 0.0127. The lowest BCUT2D eigenvalue weighted by Gasteiger charge is -2.31. The number of hydrogen-bond donors (Lipinski definition) is 0. The second kappa shape index (κ2) is 13.0. The van der Waals surface area contributed by atoms with Crippen LogP contribution in [-0.4, -0.2) is 54.9 Å². The Labute approximate surface area is 154 Å². The highest BCUT2D eigenvalue weighted by molar-refractivity contribution is 5.10. The van der Waals surface area contributed by atoms with E-state index in [1.807, 2.05) is 6.92 Å². The number of ether oxygens (including phenoxy) is 4. The Morgan fingerprint density at radius 3 is 1.56 bits per heavy atom. The minimum atomic E-state index is -0.273. The molecule has 0 amide bonds. The topological polar surface area (TPSA) is 36.9 Å². The zero-order valence-electron chi connectivity index (χ0n) is 16.6. The van der Waals surface area contributed by atoms with Crippen molar-refractivity contribution < 1.29 is 18.9 Å². The minimum Gasteiger partial charge on any atom is -0.384 e. The molecule has 0 fully saturated rings. The highest BCUT2D eigenvalue weighted by atomic mass is 16.5. The summed E-state index contributed by atoms with van der Waals surface area (Å²) in [5.41, 5.74) is 0.640. The third-order valence-electron chi connectivity index (χ3n) is 4.01. The van der Waals surface area contributed by atoms with Crippen LogP contribution in [0.15, 0.2) is 12.2 Å². The van der Waals surface area contributed by atoms with Gasteiger partial charge in [0.25, 0.3) is 0 Å². The molecule has 142 valence electrons. The molecule has 4 nitrogen and oxygen atoms in total. The Balaban J connectivity index is 5.19. The molecule has 25 heavy (non-hydrogen) atoms. The second-order valence-corrected chi connectivity index (χ2v) is 6.95. The molecule has 0 aromatic heterocycles. The Morgan fingerprint density at radius 1 is 0.800 bits per heavy atom.